The maximum absolute atomic E-state index is 12.0. The molecule has 0 radical (unpaired) electrons. The van der Waals surface area contributed by atoms with Gasteiger partial charge >= 0.3 is 5.97 Å². The van der Waals surface area contributed by atoms with Gasteiger partial charge in [-0.1, -0.05) is 0 Å². The lowest BCUT2D eigenvalue weighted by Gasteiger charge is -2.29. The van der Waals surface area contributed by atoms with Crippen molar-refractivity contribution >= 4 is 11.7 Å². The second kappa shape index (κ2) is 6.33. The lowest BCUT2D eigenvalue weighted by molar-refractivity contribution is -0.161. The number of nitrogens with two attached hydrogens (primary N) is 1. The van der Waals surface area contributed by atoms with Gasteiger partial charge in [-0.05, 0) is 52.5 Å². The van der Waals surface area contributed by atoms with Crippen molar-refractivity contribution in [2.24, 2.45) is 5.92 Å². The van der Waals surface area contributed by atoms with Crippen LogP contribution in [0.1, 0.15) is 46.5 Å². The molecule has 5 heteroatoms. The van der Waals surface area contributed by atoms with Crippen LogP contribution in [0.15, 0.2) is 18.3 Å². The van der Waals surface area contributed by atoms with Crippen molar-refractivity contribution in [2.75, 3.05) is 5.73 Å². The molecule has 0 bridgehead atoms. The number of rotatable bonds is 3. The van der Waals surface area contributed by atoms with E-state index in [1.54, 1.807) is 18.3 Å². The van der Waals surface area contributed by atoms with Crippen LogP contribution in [0, 0.1) is 5.92 Å². The van der Waals surface area contributed by atoms with Crippen LogP contribution < -0.4 is 10.5 Å². The van der Waals surface area contributed by atoms with E-state index in [1.165, 1.54) is 0 Å². The molecule has 116 valence electrons. The first-order valence-electron chi connectivity index (χ1n) is 7.44. The van der Waals surface area contributed by atoms with Gasteiger partial charge in [-0.25, -0.2) is 4.98 Å². The molecule has 1 aromatic heterocycles. The van der Waals surface area contributed by atoms with Crippen molar-refractivity contribution in [3.8, 4) is 5.88 Å². The Hall–Kier alpha value is -1.78. The van der Waals surface area contributed by atoms with Gasteiger partial charge in [0.1, 0.15) is 11.7 Å². The highest BCUT2D eigenvalue weighted by Gasteiger charge is 2.30. The lowest BCUT2D eigenvalue weighted by Crippen LogP contribution is -2.33. The Morgan fingerprint density at radius 1 is 1.24 bits per heavy atom. The highest BCUT2D eigenvalue weighted by Crippen LogP contribution is 2.29. The first-order chi connectivity index (χ1) is 9.83. The number of esters is 1. The molecule has 21 heavy (non-hydrogen) atoms. The highest BCUT2D eigenvalue weighted by atomic mass is 16.6. The van der Waals surface area contributed by atoms with Gasteiger partial charge in [0, 0.05) is 6.07 Å². The molecule has 0 amide bonds. The van der Waals surface area contributed by atoms with E-state index in [0.717, 1.165) is 25.7 Å². The van der Waals surface area contributed by atoms with Crippen molar-refractivity contribution < 1.29 is 14.3 Å². The molecule has 5 nitrogen and oxygen atoms in total. The second-order valence-corrected chi connectivity index (χ2v) is 6.55. The van der Waals surface area contributed by atoms with E-state index in [2.05, 4.69) is 4.98 Å². The minimum atomic E-state index is -0.418. The Balaban J connectivity index is 1.80. The van der Waals surface area contributed by atoms with Gasteiger partial charge in [-0.15, -0.1) is 0 Å². The van der Waals surface area contributed by atoms with Gasteiger partial charge < -0.3 is 15.2 Å². The summed E-state index contributed by atoms with van der Waals surface area (Å²) in [7, 11) is 0. The molecule has 0 saturated heterocycles. The van der Waals surface area contributed by atoms with Crippen LogP contribution in [0.25, 0.3) is 0 Å². The van der Waals surface area contributed by atoms with Gasteiger partial charge in [-0.2, -0.15) is 0 Å². The molecule has 2 rings (SSSR count). The summed E-state index contributed by atoms with van der Waals surface area (Å²) in [4.78, 5) is 16.2. The summed E-state index contributed by atoms with van der Waals surface area (Å²) < 4.78 is 11.3. The standard InChI is InChI=1S/C16H24N2O3/c1-16(2,3)21-15(19)11-4-7-13(8-5-11)20-14-9-6-12(17)10-18-14/h6,9-11,13H,4-5,7-8,17H2,1-3H3. The molecule has 2 N–H and O–H groups in total. The van der Waals surface area contributed by atoms with Crippen LogP contribution >= 0.6 is 0 Å². The first-order valence-corrected chi connectivity index (χ1v) is 7.44. The predicted octanol–water partition coefficient (Wildman–Crippen LogP) is 2.94. The number of carbonyl (C=O) groups is 1. The van der Waals surface area contributed by atoms with Gasteiger partial charge in [0.05, 0.1) is 17.8 Å². The molecule has 0 atom stereocenters. The van der Waals surface area contributed by atoms with E-state index in [9.17, 15) is 4.79 Å². The Kier molecular flexibility index (Phi) is 4.70. The average molecular weight is 292 g/mol. The van der Waals surface area contributed by atoms with E-state index in [4.69, 9.17) is 15.2 Å². The summed E-state index contributed by atoms with van der Waals surface area (Å²) >= 11 is 0. The number of hydrogen-bond donors (Lipinski definition) is 1. The molecule has 0 aliphatic heterocycles. The predicted molar refractivity (Wildman–Crippen MR) is 80.9 cm³/mol. The molecule has 1 heterocycles. The molecule has 1 fully saturated rings. The van der Waals surface area contributed by atoms with Gasteiger partial charge in [-0.3, -0.25) is 4.79 Å². The Morgan fingerprint density at radius 3 is 2.43 bits per heavy atom. The van der Waals surface area contributed by atoms with E-state index in [-0.39, 0.29) is 18.0 Å². The topological polar surface area (TPSA) is 74.4 Å². The summed E-state index contributed by atoms with van der Waals surface area (Å²) in [5, 5.41) is 0. The van der Waals surface area contributed by atoms with Crippen LogP contribution in [0.3, 0.4) is 0 Å². The zero-order chi connectivity index (χ0) is 15.5. The number of nitrogen functional groups attached to an aromatic ring is 1. The fourth-order valence-corrected chi connectivity index (χ4v) is 2.43. The molecular weight excluding hydrogens is 268 g/mol. The molecular formula is C16H24N2O3. The Bertz CT molecular complexity index is 471. The zero-order valence-electron chi connectivity index (χ0n) is 13.0. The number of carbonyl (C=O) groups excluding carboxylic acids is 1. The van der Waals surface area contributed by atoms with E-state index < -0.39 is 5.60 Å². The maximum atomic E-state index is 12.0. The summed E-state index contributed by atoms with van der Waals surface area (Å²) in [5.41, 5.74) is 5.80. The second-order valence-electron chi connectivity index (χ2n) is 6.55. The summed E-state index contributed by atoms with van der Waals surface area (Å²) in [6.45, 7) is 5.69. The van der Waals surface area contributed by atoms with Gasteiger partial charge in [0.25, 0.3) is 0 Å². The van der Waals surface area contributed by atoms with Crippen LogP contribution in [-0.4, -0.2) is 22.7 Å². The first kappa shape index (κ1) is 15.6. The van der Waals surface area contributed by atoms with Crippen LogP contribution in [0.2, 0.25) is 0 Å². The summed E-state index contributed by atoms with van der Waals surface area (Å²) in [6.07, 6.45) is 4.98. The fraction of sp³-hybridized carbons (Fsp3) is 0.625. The Labute approximate surface area is 125 Å². The van der Waals surface area contributed by atoms with E-state index >= 15 is 0 Å². The van der Waals surface area contributed by atoms with Gasteiger partial charge in [0.15, 0.2) is 0 Å². The van der Waals surface area contributed by atoms with Crippen LogP contribution in [0.5, 0.6) is 5.88 Å². The van der Waals surface area contributed by atoms with Crippen molar-refractivity contribution in [3.63, 3.8) is 0 Å². The molecule has 1 aliphatic rings. The number of nitrogens with zero attached hydrogens (tertiary/aromatic N) is 1. The smallest absolute Gasteiger partial charge is 0.309 e. The van der Waals surface area contributed by atoms with E-state index in [1.807, 2.05) is 20.8 Å². The number of ether oxygens (including phenoxy) is 2. The van der Waals surface area contributed by atoms with Gasteiger partial charge in [0.2, 0.25) is 5.88 Å². The Morgan fingerprint density at radius 2 is 1.90 bits per heavy atom. The van der Waals surface area contributed by atoms with Crippen molar-refractivity contribution in [1.29, 1.82) is 0 Å². The monoisotopic (exact) mass is 292 g/mol. The highest BCUT2D eigenvalue weighted by molar-refractivity contribution is 5.73. The SMILES string of the molecule is CC(C)(C)OC(=O)C1CCC(Oc2ccc(N)cn2)CC1. The third kappa shape index (κ3) is 4.92. The average Bonchev–Trinajstić information content (AvgIpc) is 2.40. The molecule has 1 aliphatic carbocycles. The summed E-state index contributed by atoms with van der Waals surface area (Å²) in [6, 6.07) is 3.55. The largest absolute Gasteiger partial charge is 0.474 e. The molecule has 0 spiro atoms. The number of pyridine rings is 1. The van der Waals surface area contributed by atoms with Crippen molar-refractivity contribution in [1.82, 2.24) is 4.98 Å². The number of anilines is 1. The number of aromatic nitrogens is 1. The normalized spacial score (nSPS) is 22.6. The minimum absolute atomic E-state index is 0.0107. The minimum Gasteiger partial charge on any atom is -0.474 e. The van der Waals surface area contributed by atoms with Crippen molar-refractivity contribution in [2.45, 2.75) is 58.2 Å². The lowest BCUT2D eigenvalue weighted by atomic mass is 9.87. The van der Waals surface area contributed by atoms with Crippen LogP contribution in [-0.2, 0) is 9.53 Å². The van der Waals surface area contributed by atoms with Crippen molar-refractivity contribution in [3.05, 3.63) is 18.3 Å². The number of hydrogen-bond acceptors (Lipinski definition) is 5. The molecule has 0 aromatic carbocycles. The summed E-state index contributed by atoms with van der Waals surface area (Å²) in [5.74, 6) is 0.486. The third-order valence-corrected chi connectivity index (χ3v) is 3.46. The molecule has 0 unspecified atom stereocenters. The zero-order valence-corrected chi connectivity index (χ0v) is 13.0. The maximum Gasteiger partial charge on any atom is 0.309 e. The molecule has 1 aromatic rings. The third-order valence-electron chi connectivity index (χ3n) is 3.46. The quantitative estimate of drug-likeness (QED) is 0.867. The molecule has 1 saturated carbocycles. The van der Waals surface area contributed by atoms with Crippen LogP contribution in [0.4, 0.5) is 5.69 Å². The fourth-order valence-electron chi connectivity index (χ4n) is 2.43. The van der Waals surface area contributed by atoms with E-state index in [0.29, 0.717) is 11.6 Å².